The number of amides is 1. The van der Waals surface area contributed by atoms with Crippen LogP contribution in [0.4, 0.5) is 4.79 Å². The van der Waals surface area contributed by atoms with Crippen LogP contribution in [0.2, 0.25) is 0 Å². The van der Waals surface area contributed by atoms with Crippen molar-refractivity contribution in [2.75, 3.05) is 5.33 Å². The molecule has 4 heteroatoms. The highest BCUT2D eigenvalue weighted by Crippen LogP contribution is 2.10. The molecule has 0 bridgehead atoms. The lowest BCUT2D eigenvalue weighted by Crippen LogP contribution is -2.25. The van der Waals surface area contributed by atoms with Crippen molar-refractivity contribution < 1.29 is 9.53 Å². The van der Waals surface area contributed by atoms with Crippen LogP contribution in [0.25, 0.3) is 0 Å². The molecule has 1 unspecified atom stereocenters. The van der Waals surface area contributed by atoms with Gasteiger partial charge in [-0.1, -0.05) is 46.3 Å². The number of halogens is 1. The van der Waals surface area contributed by atoms with Crippen LogP contribution in [-0.4, -0.2) is 17.5 Å². The Kier molecular flexibility index (Phi) is 5.18. The summed E-state index contributed by atoms with van der Waals surface area (Å²) in [7, 11) is 0. The van der Waals surface area contributed by atoms with Crippen molar-refractivity contribution in [3.05, 3.63) is 35.9 Å². The summed E-state index contributed by atoms with van der Waals surface area (Å²) >= 11 is 3.32. The highest BCUT2D eigenvalue weighted by molar-refractivity contribution is 9.09. The maximum absolute atomic E-state index is 10.7. The summed E-state index contributed by atoms with van der Waals surface area (Å²) in [5.74, 6) is 0. The Labute approximate surface area is 97.7 Å². The summed E-state index contributed by atoms with van der Waals surface area (Å²) in [5, 5.41) is 0.789. The molecule has 1 atom stereocenters. The van der Waals surface area contributed by atoms with Crippen LogP contribution in [0.5, 0.6) is 0 Å². The molecule has 0 heterocycles. The molecule has 0 saturated carbocycles. The normalized spacial score (nSPS) is 12.1. The van der Waals surface area contributed by atoms with E-state index < -0.39 is 6.09 Å². The van der Waals surface area contributed by atoms with E-state index in [1.54, 1.807) is 0 Å². The molecule has 82 valence electrons. The van der Waals surface area contributed by atoms with Crippen LogP contribution in [0.1, 0.15) is 12.0 Å². The molecule has 0 aliphatic heterocycles. The number of carbonyl (C=O) groups is 1. The highest BCUT2D eigenvalue weighted by Gasteiger charge is 2.12. The monoisotopic (exact) mass is 271 g/mol. The molecular formula is C11H14BrNO2. The van der Waals surface area contributed by atoms with E-state index in [1.807, 2.05) is 30.3 Å². The van der Waals surface area contributed by atoms with Crippen molar-refractivity contribution in [2.45, 2.75) is 18.9 Å². The quantitative estimate of drug-likeness (QED) is 0.837. The molecular weight excluding hydrogens is 258 g/mol. The number of alkyl halides is 1. The lowest BCUT2D eigenvalue weighted by Gasteiger charge is -2.15. The Hall–Kier alpha value is -1.03. The summed E-state index contributed by atoms with van der Waals surface area (Å²) < 4.78 is 5.00. The maximum atomic E-state index is 10.7. The third-order valence-corrected chi connectivity index (χ3v) is 2.48. The molecule has 0 aromatic heterocycles. The molecule has 1 rings (SSSR count). The van der Waals surface area contributed by atoms with Gasteiger partial charge < -0.3 is 10.5 Å². The van der Waals surface area contributed by atoms with Crippen LogP contribution in [0.15, 0.2) is 30.3 Å². The molecule has 2 N–H and O–H groups in total. The Bertz CT molecular complexity index is 303. The minimum Gasteiger partial charge on any atom is -0.446 e. The average Bonchev–Trinajstić information content (AvgIpc) is 2.18. The third kappa shape index (κ3) is 4.83. The minimum absolute atomic E-state index is 0.149. The number of ether oxygens (including phenoxy) is 1. The molecule has 0 spiro atoms. The zero-order chi connectivity index (χ0) is 11.1. The SMILES string of the molecule is NC(=O)OC(CCBr)Cc1ccccc1. The van der Waals surface area contributed by atoms with Gasteiger partial charge in [-0.2, -0.15) is 0 Å². The second-order valence-electron chi connectivity index (χ2n) is 3.23. The lowest BCUT2D eigenvalue weighted by molar-refractivity contribution is 0.105. The number of nitrogens with two attached hydrogens (primary N) is 1. The predicted octanol–water partition coefficient (Wildman–Crippen LogP) is 2.48. The number of hydrogen-bond acceptors (Lipinski definition) is 2. The van der Waals surface area contributed by atoms with Gasteiger partial charge >= 0.3 is 6.09 Å². The van der Waals surface area contributed by atoms with Gasteiger partial charge in [0.2, 0.25) is 0 Å². The number of benzene rings is 1. The molecule has 0 aliphatic rings. The van der Waals surface area contributed by atoms with Gasteiger partial charge in [0, 0.05) is 11.8 Å². The maximum Gasteiger partial charge on any atom is 0.404 e. The summed E-state index contributed by atoms with van der Waals surface area (Å²) in [4.78, 5) is 10.7. The van der Waals surface area contributed by atoms with E-state index in [-0.39, 0.29) is 6.10 Å². The van der Waals surface area contributed by atoms with Crippen molar-refractivity contribution in [3.63, 3.8) is 0 Å². The highest BCUT2D eigenvalue weighted by atomic mass is 79.9. The standard InChI is InChI=1S/C11H14BrNO2/c12-7-6-10(15-11(13)14)8-9-4-2-1-3-5-9/h1-5,10H,6-8H2,(H2,13,14). The van der Waals surface area contributed by atoms with Gasteiger partial charge in [-0.25, -0.2) is 4.79 Å². The van der Waals surface area contributed by atoms with Crippen LogP contribution in [0, 0.1) is 0 Å². The smallest absolute Gasteiger partial charge is 0.404 e. The second-order valence-corrected chi connectivity index (χ2v) is 4.02. The van der Waals surface area contributed by atoms with Gasteiger partial charge in [-0.15, -0.1) is 0 Å². The number of rotatable bonds is 5. The van der Waals surface area contributed by atoms with E-state index in [1.165, 1.54) is 0 Å². The van der Waals surface area contributed by atoms with E-state index >= 15 is 0 Å². The fourth-order valence-electron chi connectivity index (χ4n) is 1.37. The third-order valence-electron chi connectivity index (χ3n) is 2.02. The summed E-state index contributed by atoms with van der Waals surface area (Å²) in [6.45, 7) is 0. The first kappa shape index (κ1) is 12.0. The minimum atomic E-state index is -0.711. The summed E-state index contributed by atoms with van der Waals surface area (Å²) in [6, 6.07) is 9.89. The molecule has 0 aliphatic carbocycles. The predicted molar refractivity (Wildman–Crippen MR) is 63.0 cm³/mol. The van der Waals surface area contributed by atoms with Crippen LogP contribution in [0.3, 0.4) is 0 Å². The van der Waals surface area contributed by atoms with Gasteiger partial charge in [0.15, 0.2) is 0 Å². The van der Waals surface area contributed by atoms with Crippen molar-refractivity contribution in [1.29, 1.82) is 0 Å². The molecule has 1 amide bonds. The first-order chi connectivity index (χ1) is 7.22. The van der Waals surface area contributed by atoms with Crippen molar-refractivity contribution in [2.24, 2.45) is 5.73 Å². The average molecular weight is 272 g/mol. The van der Waals surface area contributed by atoms with E-state index in [0.717, 1.165) is 17.3 Å². The number of primary amides is 1. The fraction of sp³-hybridized carbons (Fsp3) is 0.364. The summed E-state index contributed by atoms with van der Waals surface area (Å²) in [6.07, 6.45) is 0.605. The largest absolute Gasteiger partial charge is 0.446 e. The van der Waals surface area contributed by atoms with E-state index in [0.29, 0.717) is 6.42 Å². The Morgan fingerprint density at radius 3 is 2.60 bits per heavy atom. The first-order valence-electron chi connectivity index (χ1n) is 4.78. The number of hydrogen-bond donors (Lipinski definition) is 1. The van der Waals surface area contributed by atoms with Crippen LogP contribution in [-0.2, 0) is 11.2 Å². The molecule has 0 fully saturated rings. The second kappa shape index (κ2) is 6.45. The topological polar surface area (TPSA) is 52.3 Å². The fourth-order valence-corrected chi connectivity index (χ4v) is 1.88. The molecule has 15 heavy (non-hydrogen) atoms. The lowest BCUT2D eigenvalue weighted by atomic mass is 10.1. The van der Waals surface area contributed by atoms with Gasteiger partial charge in [0.1, 0.15) is 6.10 Å². The van der Waals surface area contributed by atoms with E-state index in [2.05, 4.69) is 15.9 Å². The Morgan fingerprint density at radius 2 is 2.07 bits per heavy atom. The molecule has 1 aromatic carbocycles. The molecule has 0 radical (unpaired) electrons. The van der Waals surface area contributed by atoms with Gasteiger partial charge in [0.05, 0.1) is 0 Å². The van der Waals surface area contributed by atoms with Gasteiger partial charge in [-0.3, -0.25) is 0 Å². The van der Waals surface area contributed by atoms with Crippen molar-refractivity contribution >= 4 is 22.0 Å². The summed E-state index contributed by atoms with van der Waals surface area (Å²) in [5.41, 5.74) is 6.14. The van der Waals surface area contributed by atoms with E-state index in [4.69, 9.17) is 10.5 Å². The van der Waals surface area contributed by atoms with Crippen molar-refractivity contribution in [1.82, 2.24) is 0 Å². The Morgan fingerprint density at radius 1 is 1.40 bits per heavy atom. The van der Waals surface area contributed by atoms with E-state index in [9.17, 15) is 4.79 Å². The zero-order valence-electron chi connectivity index (χ0n) is 8.36. The van der Waals surface area contributed by atoms with Gasteiger partial charge in [-0.05, 0) is 12.0 Å². The molecule has 0 saturated heterocycles. The first-order valence-corrected chi connectivity index (χ1v) is 5.90. The van der Waals surface area contributed by atoms with Gasteiger partial charge in [0.25, 0.3) is 0 Å². The zero-order valence-corrected chi connectivity index (χ0v) is 9.94. The van der Waals surface area contributed by atoms with Crippen LogP contribution < -0.4 is 5.73 Å². The number of carbonyl (C=O) groups excluding carboxylic acids is 1. The Balaban J connectivity index is 2.54. The molecule has 1 aromatic rings. The van der Waals surface area contributed by atoms with Crippen LogP contribution >= 0.6 is 15.9 Å². The molecule has 3 nitrogen and oxygen atoms in total. The van der Waals surface area contributed by atoms with Crippen molar-refractivity contribution in [3.8, 4) is 0 Å².